The van der Waals surface area contributed by atoms with E-state index in [1.165, 1.54) is 6.08 Å². The largest absolute Gasteiger partial charge is 0.506 e. The number of fused-ring (bicyclic) bond motifs is 1. The molecule has 28 heavy (non-hydrogen) atoms. The van der Waals surface area contributed by atoms with Gasteiger partial charge in [-0.15, -0.1) is 0 Å². The van der Waals surface area contributed by atoms with Crippen LogP contribution in [0.4, 0.5) is 0 Å². The molecule has 0 bridgehead atoms. The van der Waals surface area contributed by atoms with Gasteiger partial charge >= 0.3 is 5.63 Å². The molecule has 0 unspecified atom stereocenters. The molecule has 136 valence electrons. The molecule has 4 nitrogen and oxygen atoms in total. The maximum atomic E-state index is 12.5. The molecule has 0 saturated heterocycles. The molecule has 0 aliphatic rings. The summed E-state index contributed by atoms with van der Waals surface area (Å²) in [6, 6.07) is 24.2. The van der Waals surface area contributed by atoms with Crippen LogP contribution in [0.3, 0.4) is 0 Å². The van der Waals surface area contributed by atoms with Gasteiger partial charge in [0.25, 0.3) is 0 Å². The fourth-order valence-electron chi connectivity index (χ4n) is 3.02. The summed E-state index contributed by atoms with van der Waals surface area (Å²) in [6.07, 6.45) is 2.86. The lowest BCUT2D eigenvalue weighted by atomic mass is 10.0. The monoisotopic (exact) mass is 368 g/mol. The first kappa shape index (κ1) is 17.5. The van der Waals surface area contributed by atoms with Crippen molar-refractivity contribution in [2.24, 2.45) is 0 Å². The zero-order valence-electron chi connectivity index (χ0n) is 14.8. The van der Waals surface area contributed by atoms with E-state index in [0.717, 1.165) is 16.7 Å². The minimum absolute atomic E-state index is 0.238. The Bertz CT molecular complexity index is 1230. The summed E-state index contributed by atoms with van der Waals surface area (Å²) >= 11 is 0. The Morgan fingerprint density at radius 3 is 2.21 bits per heavy atom. The standard InChI is InChI=1S/C24H16O4/c25-20(22-23(26)19-8-4-5-9-21(19)28-24(22)27)15-12-16-10-13-18(14-11-16)17-6-2-1-3-7-17/h1-15,26H/b15-12+. The van der Waals surface area contributed by atoms with E-state index in [1.807, 2.05) is 54.6 Å². The Morgan fingerprint density at radius 2 is 1.46 bits per heavy atom. The predicted molar refractivity (Wildman–Crippen MR) is 109 cm³/mol. The number of hydrogen-bond donors (Lipinski definition) is 1. The first-order valence-corrected chi connectivity index (χ1v) is 8.76. The summed E-state index contributed by atoms with van der Waals surface area (Å²) in [5.41, 5.74) is 1.99. The van der Waals surface area contributed by atoms with E-state index in [1.54, 1.807) is 30.3 Å². The van der Waals surface area contributed by atoms with E-state index in [2.05, 4.69) is 0 Å². The Hall–Kier alpha value is -3.92. The highest BCUT2D eigenvalue weighted by Crippen LogP contribution is 2.26. The quantitative estimate of drug-likeness (QED) is 0.310. The minimum Gasteiger partial charge on any atom is -0.506 e. The van der Waals surface area contributed by atoms with E-state index in [-0.39, 0.29) is 16.9 Å². The number of rotatable bonds is 4. The zero-order valence-corrected chi connectivity index (χ0v) is 14.8. The average Bonchev–Trinajstić information content (AvgIpc) is 2.73. The third-order valence-corrected chi connectivity index (χ3v) is 4.48. The van der Waals surface area contributed by atoms with Gasteiger partial charge in [0, 0.05) is 0 Å². The van der Waals surface area contributed by atoms with E-state index >= 15 is 0 Å². The van der Waals surface area contributed by atoms with Gasteiger partial charge in [0.15, 0.2) is 5.78 Å². The molecule has 3 aromatic carbocycles. The van der Waals surface area contributed by atoms with Crippen molar-refractivity contribution >= 4 is 22.8 Å². The van der Waals surface area contributed by atoms with Gasteiger partial charge in [-0.3, -0.25) is 4.79 Å². The summed E-state index contributed by atoms with van der Waals surface area (Å²) in [5.74, 6) is -0.968. The van der Waals surface area contributed by atoms with E-state index < -0.39 is 11.4 Å². The molecule has 4 aromatic rings. The lowest BCUT2D eigenvalue weighted by molar-refractivity contribution is 0.104. The van der Waals surface area contributed by atoms with Gasteiger partial charge in [-0.2, -0.15) is 0 Å². The normalized spacial score (nSPS) is 11.1. The Morgan fingerprint density at radius 1 is 0.821 bits per heavy atom. The Labute approximate surface area is 161 Å². The van der Waals surface area contributed by atoms with Gasteiger partial charge < -0.3 is 9.52 Å². The summed E-state index contributed by atoms with van der Waals surface area (Å²) in [6.45, 7) is 0. The molecule has 0 amide bonds. The molecule has 0 saturated carbocycles. The summed E-state index contributed by atoms with van der Waals surface area (Å²) in [7, 11) is 0. The van der Waals surface area contributed by atoms with Crippen LogP contribution in [0.5, 0.6) is 5.75 Å². The molecule has 1 heterocycles. The smallest absolute Gasteiger partial charge is 0.351 e. The van der Waals surface area contributed by atoms with E-state index in [9.17, 15) is 14.7 Å². The van der Waals surface area contributed by atoms with Crippen LogP contribution in [0.15, 0.2) is 94.2 Å². The summed E-state index contributed by atoms with van der Waals surface area (Å²) in [4.78, 5) is 24.6. The minimum atomic E-state index is -0.856. The van der Waals surface area contributed by atoms with Crippen molar-refractivity contribution in [1.82, 2.24) is 0 Å². The maximum Gasteiger partial charge on any atom is 0.351 e. The van der Waals surface area contributed by atoms with Crippen LogP contribution >= 0.6 is 0 Å². The fourth-order valence-corrected chi connectivity index (χ4v) is 3.02. The van der Waals surface area contributed by atoms with Gasteiger partial charge in [0.2, 0.25) is 0 Å². The maximum absolute atomic E-state index is 12.5. The van der Waals surface area contributed by atoms with Gasteiger partial charge in [0.05, 0.1) is 5.39 Å². The van der Waals surface area contributed by atoms with Crippen molar-refractivity contribution in [3.63, 3.8) is 0 Å². The number of carbonyl (C=O) groups excluding carboxylic acids is 1. The number of carbonyl (C=O) groups is 1. The lowest BCUT2D eigenvalue weighted by Gasteiger charge is -2.04. The first-order valence-electron chi connectivity index (χ1n) is 8.76. The molecule has 1 aromatic heterocycles. The number of allylic oxidation sites excluding steroid dienone is 1. The van der Waals surface area contributed by atoms with Gasteiger partial charge in [0.1, 0.15) is 16.9 Å². The molecule has 0 radical (unpaired) electrons. The first-order chi connectivity index (χ1) is 13.6. The molecule has 0 fully saturated rings. The van der Waals surface area contributed by atoms with Crippen molar-refractivity contribution in [2.45, 2.75) is 0 Å². The number of hydrogen-bond acceptors (Lipinski definition) is 4. The highest BCUT2D eigenvalue weighted by Gasteiger charge is 2.18. The van der Waals surface area contributed by atoms with Crippen LogP contribution < -0.4 is 5.63 Å². The topological polar surface area (TPSA) is 67.5 Å². The van der Waals surface area contributed by atoms with E-state index in [4.69, 9.17) is 4.42 Å². The SMILES string of the molecule is O=C(/C=C/c1ccc(-c2ccccc2)cc1)c1c(O)c2ccccc2oc1=O. The van der Waals surface area contributed by atoms with Gasteiger partial charge in [-0.25, -0.2) is 4.79 Å². The molecule has 0 aliphatic heterocycles. The fraction of sp³-hybridized carbons (Fsp3) is 0. The highest BCUT2D eigenvalue weighted by molar-refractivity contribution is 6.10. The lowest BCUT2D eigenvalue weighted by Crippen LogP contribution is -2.12. The Balaban J connectivity index is 1.61. The van der Waals surface area contributed by atoms with Gasteiger partial charge in [-0.05, 0) is 34.9 Å². The van der Waals surface area contributed by atoms with Crippen LogP contribution in [0.2, 0.25) is 0 Å². The van der Waals surface area contributed by atoms with Crippen LogP contribution in [-0.4, -0.2) is 10.9 Å². The van der Waals surface area contributed by atoms with Gasteiger partial charge in [-0.1, -0.05) is 72.8 Å². The van der Waals surface area contributed by atoms with Crippen molar-refractivity contribution in [3.8, 4) is 16.9 Å². The molecule has 0 atom stereocenters. The van der Waals surface area contributed by atoms with Crippen LogP contribution in [0, 0.1) is 0 Å². The molecular formula is C24H16O4. The van der Waals surface area contributed by atoms with Crippen LogP contribution in [0.25, 0.3) is 28.2 Å². The second kappa shape index (κ2) is 7.37. The molecule has 1 N–H and O–H groups in total. The summed E-state index contributed by atoms with van der Waals surface area (Å²) in [5, 5.41) is 10.7. The van der Waals surface area contributed by atoms with E-state index in [0.29, 0.717) is 5.39 Å². The second-order valence-corrected chi connectivity index (χ2v) is 6.29. The van der Waals surface area contributed by atoms with Crippen LogP contribution in [-0.2, 0) is 0 Å². The second-order valence-electron chi connectivity index (χ2n) is 6.29. The highest BCUT2D eigenvalue weighted by atomic mass is 16.4. The third kappa shape index (κ3) is 3.35. The number of aromatic hydroxyl groups is 1. The molecule has 4 heteroatoms. The Kier molecular flexibility index (Phi) is 4.60. The third-order valence-electron chi connectivity index (χ3n) is 4.48. The van der Waals surface area contributed by atoms with Crippen molar-refractivity contribution in [2.75, 3.05) is 0 Å². The zero-order chi connectivity index (χ0) is 19.5. The number of benzene rings is 3. The molecule has 0 aliphatic carbocycles. The molecule has 4 rings (SSSR count). The predicted octanol–water partition coefficient (Wildman–Crippen LogP) is 5.06. The summed E-state index contributed by atoms with van der Waals surface area (Å²) < 4.78 is 5.14. The average molecular weight is 368 g/mol. The van der Waals surface area contributed by atoms with Crippen molar-refractivity contribution < 1.29 is 14.3 Å². The molecular weight excluding hydrogens is 352 g/mol. The van der Waals surface area contributed by atoms with Crippen molar-refractivity contribution in [3.05, 3.63) is 106 Å². The number of para-hydroxylation sites is 1. The van der Waals surface area contributed by atoms with Crippen molar-refractivity contribution in [1.29, 1.82) is 0 Å². The van der Waals surface area contributed by atoms with Crippen LogP contribution in [0.1, 0.15) is 15.9 Å². The number of ketones is 1. The molecule has 0 spiro atoms.